The maximum Gasteiger partial charge on any atom is 0.0945 e. The Labute approximate surface area is 100 Å². The summed E-state index contributed by atoms with van der Waals surface area (Å²) < 4.78 is 3.95. The van der Waals surface area contributed by atoms with Crippen LogP contribution in [0.25, 0.3) is 0 Å². The number of aryl methyl sites for hydroxylation is 3. The van der Waals surface area contributed by atoms with Crippen LogP contribution >= 0.6 is 0 Å². The zero-order valence-corrected chi connectivity index (χ0v) is 9.87. The number of hydrogen-bond acceptors (Lipinski definition) is 4. The van der Waals surface area contributed by atoms with Gasteiger partial charge in [-0.1, -0.05) is 5.21 Å². The van der Waals surface area contributed by atoms with Crippen molar-refractivity contribution in [2.45, 2.75) is 32.4 Å². The molecule has 2 rings (SSSR count). The van der Waals surface area contributed by atoms with Crippen LogP contribution in [0.4, 0.5) is 0 Å². The molecular formula is C11H18N6. The Morgan fingerprint density at radius 3 is 2.94 bits per heavy atom. The Morgan fingerprint density at radius 1 is 1.24 bits per heavy atom. The van der Waals surface area contributed by atoms with Crippen LogP contribution in [-0.2, 0) is 19.5 Å². The summed E-state index contributed by atoms with van der Waals surface area (Å²) >= 11 is 0. The average Bonchev–Trinajstić information content (AvgIpc) is 2.98. The molecule has 0 aliphatic rings. The van der Waals surface area contributed by atoms with E-state index in [2.05, 4.69) is 19.9 Å². The van der Waals surface area contributed by atoms with E-state index in [0.717, 1.165) is 38.0 Å². The molecule has 6 heteroatoms. The summed E-state index contributed by atoms with van der Waals surface area (Å²) in [6.07, 6.45) is 10.5. The fourth-order valence-corrected chi connectivity index (χ4v) is 1.68. The van der Waals surface area contributed by atoms with E-state index in [4.69, 9.17) is 5.73 Å². The van der Waals surface area contributed by atoms with Gasteiger partial charge >= 0.3 is 0 Å². The minimum absolute atomic E-state index is 0.702. The van der Waals surface area contributed by atoms with Crippen molar-refractivity contribution in [3.05, 3.63) is 30.6 Å². The van der Waals surface area contributed by atoms with Gasteiger partial charge in [0.2, 0.25) is 0 Å². The van der Waals surface area contributed by atoms with Crippen molar-refractivity contribution in [3.63, 3.8) is 0 Å². The van der Waals surface area contributed by atoms with Crippen LogP contribution in [-0.4, -0.2) is 31.1 Å². The van der Waals surface area contributed by atoms with Crippen LogP contribution in [0.2, 0.25) is 0 Å². The van der Waals surface area contributed by atoms with Gasteiger partial charge < -0.3 is 10.3 Å². The van der Waals surface area contributed by atoms with Crippen LogP contribution in [0.3, 0.4) is 0 Å². The van der Waals surface area contributed by atoms with Crippen LogP contribution in [0.5, 0.6) is 0 Å². The number of imidazole rings is 1. The van der Waals surface area contributed by atoms with Crippen molar-refractivity contribution < 1.29 is 0 Å². The van der Waals surface area contributed by atoms with E-state index in [0.29, 0.717) is 6.54 Å². The lowest BCUT2D eigenvalue weighted by atomic mass is 10.2. The fraction of sp³-hybridized carbons (Fsp3) is 0.545. The summed E-state index contributed by atoms with van der Waals surface area (Å²) in [6, 6.07) is 0. The molecule has 0 aliphatic carbocycles. The van der Waals surface area contributed by atoms with Crippen LogP contribution in [0.1, 0.15) is 18.5 Å². The van der Waals surface area contributed by atoms with Gasteiger partial charge in [0, 0.05) is 31.7 Å². The molecule has 0 fully saturated rings. The molecule has 2 N–H and O–H groups in total. The average molecular weight is 234 g/mol. The smallest absolute Gasteiger partial charge is 0.0945 e. The summed E-state index contributed by atoms with van der Waals surface area (Å²) in [5, 5.41) is 8.20. The Morgan fingerprint density at radius 2 is 2.18 bits per heavy atom. The fourth-order valence-electron chi connectivity index (χ4n) is 1.68. The highest BCUT2D eigenvalue weighted by atomic mass is 15.4. The molecule has 92 valence electrons. The van der Waals surface area contributed by atoms with Gasteiger partial charge in [-0.2, -0.15) is 0 Å². The van der Waals surface area contributed by atoms with Crippen molar-refractivity contribution in [1.29, 1.82) is 0 Å². The van der Waals surface area contributed by atoms with Crippen LogP contribution in [0, 0.1) is 0 Å². The van der Waals surface area contributed by atoms with E-state index in [1.54, 1.807) is 6.20 Å². The Kier molecular flexibility index (Phi) is 4.26. The van der Waals surface area contributed by atoms with E-state index in [-0.39, 0.29) is 0 Å². The van der Waals surface area contributed by atoms with Crippen LogP contribution < -0.4 is 5.73 Å². The van der Waals surface area contributed by atoms with Crippen LogP contribution in [0.15, 0.2) is 24.9 Å². The maximum atomic E-state index is 5.45. The highest BCUT2D eigenvalue weighted by Crippen LogP contribution is 1.99. The van der Waals surface area contributed by atoms with Gasteiger partial charge in [0.1, 0.15) is 0 Å². The molecule has 0 saturated heterocycles. The summed E-state index contributed by atoms with van der Waals surface area (Å²) in [7, 11) is 0. The maximum absolute atomic E-state index is 5.45. The molecule has 0 unspecified atom stereocenters. The molecule has 2 aromatic rings. The van der Waals surface area contributed by atoms with Gasteiger partial charge in [-0.3, -0.25) is 4.68 Å². The number of nitrogens with two attached hydrogens (primary N) is 1. The first-order valence-electron chi connectivity index (χ1n) is 5.93. The van der Waals surface area contributed by atoms with Gasteiger partial charge in [-0.25, -0.2) is 4.98 Å². The number of aromatic nitrogens is 5. The third-order valence-electron chi connectivity index (χ3n) is 2.59. The Hall–Kier alpha value is -1.69. The lowest BCUT2D eigenvalue weighted by Gasteiger charge is -2.01. The van der Waals surface area contributed by atoms with Gasteiger partial charge in [-0.05, 0) is 25.8 Å². The van der Waals surface area contributed by atoms with Gasteiger partial charge in [0.05, 0.1) is 12.0 Å². The lowest BCUT2D eigenvalue weighted by Crippen LogP contribution is -2.03. The zero-order chi connectivity index (χ0) is 11.9. The second-order valence-electron chi connectivity index (χ2n) is 4.02. The van der Waals surface area contributed by atoms with E-state index < -0.39 is 0 Å². The van der Waals surface area contributed by atoms with Crippen molar-refractivity contribution in [2.75, 3.05) is 6.54 Å². The second kappa shape index (κ2) is 6.15. The third kappa shape index (κ3) is 3.67. The molecule has 2 heterocycles. The number of rotatable bonds is 7. The Balaban J connectivity index is 1.73. The van der Waals surface area contributed by atoms with Gasteiger partial charge in [-0.15, -0.1) is 5.10 Å². The van der Waals surface area contributed by atoms with E-state index in [1.165, 1.54) is 0 Å². The standard InChI is InChI=1S/C11H18N6/c12-4-1-3-11-9-17(15-14-11)7-2-6-16-8-5-13-10-16/h5,8-10H,1-4,6-7,12H2. The molecule has 0 aromatic carbocycles. The molecule has 0 spiro atoms. The molecule has 2 aromatic heterocycles. The minimum atomic E-state index is 0.702. The first kappa shape index (κ1) is 11.8. The molecule has 6 nitrogen and oxygen atoms in total. The molecule has 0 atom stereocenters. The van der Waals surface area contributed by atoms with E-state index in [1.807, 2.05) is 23.4 Å². The molecule has 0 amide bonds. The summed E-state index contributed by atoms with van der Waals surface area (Å²) in [5.74, 6) is 0. The zero-order valence-electron chi connectivity index (χ0n) is 9.87. The van der Waals surface area contributed by atoms with Crippen molar-refractivity contribution in [2.24, 2.45) is 5.73 Å². The van der Waals surface area contributed by atoms with Crippen molar-refractivity contribution in [1.82, 2.24) is 24.5 Å². The monoisotopic (exact) mass is 234 g/mol. The Bertz CT molecular complexity index is 419. The van der Waals surface area contributed by atoms with E-state index in [9.17, 15) is 0 Å². The largest absolute Gasteiger partial charge is 0.337 e. The highest BCUT2D eigenvalue weighted by Gasteiger charge is 2.00. The quantitative estimate of drug-likeness (QED) is 0.755. The van der Waals surface area contributed by atoms with Gasteiger partial charge in [0.25, 0.3) is 0 Å². The lowest BCUT2D eigenvalue weighted by molar-refractivity contribution is 0.514. The predicted molar refractivity (Wildman–Crippen MR) is 64.2 cm³/mol. The number of nitrogens with zero attached hydrogens (tertiary/aromatic N) is 5. The van der Waals surface area contributed by atoms with Gasteiger partial charge in [0.15, 0.2) is 0 Å². The molecular weight excluding hydrogens is 216 g/mol. The second-order valence-corrected chi connectivity index (χ2v) is 4.02. The number of hydrogen-bond donors (Lipinski definition) is 1. The summed E-state index contributed by atoms with van der Waals surface area (Å²) in [6.45, 7) is 2.54. The molecule has 0 radical (unpaired) electrons. The summed E-state index contributed by atoms with van der Waals surface area (Å²) in [5.41, 5.74) is 6.48. The first-order valence-corrected chi connectivity index (χ1v) is 5.93. The molecule has 0 bridgehead atoms. The third-order valence-corrected chi connectivity index (χ3v) is 2.59. The summed E-state index contributed by atoms with van der Waals surface area (Å²) in [4.78, 5) is 4.00. The van der Waals surface area contributed by atoms with Crippen molar-refractivity contribution >= 4 is 0 Å². The topological polar surface area (TPSA) is 74.5 Å². The highest BCUT2D eigenvalue weighted by molar-refractivity contribution is 4.92. The molecule has 17 heavy (non-hydrogen) atoms. The minimum Gasteiger partial charge on any atom is -0.337 e. The predicted octanol–water partition coefficient (Wildman–Crippen LogP) is 0.456. The van der Waals surface area contributed by atoms with Crippen molar-refractivity contribution in [3.8, 4) is 0 Å². The first-order chi connectivity index (χ1) is 8.38. The normalized spacial score (nSPS) is 10.9. The molecule has 0 saturated carbocycles. The molecule has 0 aliphatic heterocycles. The van der Waals surface area contributed by atoms with E-state index >= 15 is 0 Å². The SMILES string of the molecule is NCCCc1cn(CCCn2ccnc2)nn1.